The topological polar surface area (TPSA) is 103 Å². The Bertz CT molecular complexity index is 1320. The summed E-state index contributed by atoms with van der Waals surface area (Å²) >= 11 is 0. The quantitative estimate of drug-likeness (QED) is 0.364. The molecule has 2 heterocycles. The van der Waals surface area contributed by atoms with Crippen LogP contribution in [0.3, 0.4) is 0 Å². The minimum atomic E-state index is -0.109. The molecular weight excluding hydrogens is 426 g/mol. The number of nitrogen functional groups attached to an aromatic ring is 1. The second-order valence-electron chi connectivity index (χ2n) is 8.72. The van der Waals surface area contributed by atoms with E-state index in [0.717, 1.165) is 58.2 Å². The van der Waals surface area contributed by atoms with Crippen LogP contribution in [0.15, 0.2) is 48.5 Å². The second kappa shape index (κ2) is 10.5. The van der Waals surface area contributed by atoms with Gasteiger partial charge in [-0.2, -0.15) is 0 Å². The summed E-state index contributed by atoms with van der Waals surface area (Å²) in [5, 5.41) is 3.92. The summed E-state index contributed by atoms with van der Waals surface area (Å²) in [6.07, 6.45) is 3.52. The fraction of sp³-hybridized carbons (Fsp3) is 0.333. The molecule has 2 aromatic heterocycles. The summed E-state index contributed by atoms with van der Waals surface area (Å²) in [5.41, 5.74) is 11.1. The maximum atomic E-state index is 11.9. The van der Waals surface area contributed by atoms with Crippen molar-refractivity contribution in [2.24, 2.45) is 0 Å². The number of aryl methyl sites for hydroxylation is 1. The van der Waals surface area contributed by atoms with E-state index >= 15 is 0 Å². The highest BCUT2D eigenvalue weighted by molar-refractivity contribution is 6.06. The zero-order chi connectivity index (χ0) is 24.1. The van der Waals surface area contributed by atoms with Crippen LogP contribution in [0.1, 0.15) is 56.5 Å². The van der Waals surface area contributed by atoms with E-state index in [-0.39, 0.29) is 24.5 Å². The third-order valence-corrected chi connectivity index (χ3v) is 6.00. The van der Waals surface area contributed by atoms with Crippen molar-refractivity contribution in [3.05, 3.63) is 65.5 Å². The summed E-state index contributed by atoms with van der Waals surface area (Å²) in [4.78, 5) is 32.4. The van der Waals surface area contributed by atoms with Crippen molar-refractivity contribution in [2.45, 2.75) is 59.0 Å². The van der Waals surface area contributed by atoms with E-state index in [0.29, 0.717) is 18.9 Å². The van der Waals surface area contributed by atoms with E-state index in [1.165, 1.54) is 6.92 Å². The molecule has 4 aromatic rings. The van der Waals surface area contributed by atoms with Gasteiger partial charge in [-0.25, -0.2) is 9.97 Å². The molecule has 0 fully saturated rings. The molecule has 2 aromatic carbocycles. The van der Waals surface area contributed by atoms with E-state index in [1.54, 1.807) is 0 Å². The number of pyridine rings is 1. The minimum Gasteiger partial charge on any atom is -0.382 e. The van der Waals surface area contributed by atoms with Crippen LogP contribution in [-0.4, -0.2) is 26.2 Å². The van der Waals surface area contributed by atoms with Crippen LogP contribution in [0.25, 0.3) is 21.9 Å². The van der Waals surface area contributed by atoms with Gasteiger partial charge in [0, 0.05) is 37.7 Å². The monoisotopic (exact) mass is 457 g/mol. The first-order chi connectivity index (χ1) is 16.5. The first-order valence-electron chi connectivity index (χ1n) is 11.8. The van der Waals surface area contributed by atoms with Gasteiger partial charge in [0.2, 0.25) is 5.91 Å². The highest BCUT2D eigenvalue weighted by Gasteiger charge is 2.17. The fourth-order valence-corrected chi connectivity index (χ4v) is 4.12. The number of carbonyl (C=O) groups excluding carboxylic acids is 2. The van der Waals surface area contributed by atoms with Crippen molar-refractivity contribution in [2.75, 3.05) is 5.73 Å². The number of para-hydroxylation sites is 1. The molecule has 0 saturated heterocycles. The molecule has 4 rings (SSSR count). The number of benzene rings is 2. The Morgan fingerprint density at radius 3 is 2.47 bits per heavy atom. The Morgan fingerprint density at radius 2 is 1.74 bits per heavy atom. The first kappa shape index (κ1) is 23.4. The number of aromatic nitrogens is 3. The third-order valence-electron chi connectivity index (χ3n) is 6.00. The molecule has 0 radical (unpaired) electrons. The van der Waals surface area contributed by atoms with Crippen LogP contribution in [0, 0.1) is 0 Å². The number of rotatable bonds is 10. The van der Waals surface area contributed by atoms with E-state index in [2.05, 4.69) is 40.0 Å². The first-order valence-corrected chi connectivity index (χ1v) is 11.8. The number of hydrogen-bond donors (Lipinski definition) is 2. The van der Waals surface area contributed by atoms with Gasteiger partial charge >= 0.3 is 0 Å². The fourth-order valence-electron chi connectivity index (χ4n) is 4.12. The van der Waals surface area contributed by atoms with Crippen LogP contribution in [0.5, 0.6) is 0 Å². The molecule has 7 nitrogen and oxygen atoms in total. The number of imidazole rings is 1. The molecule has 0 bridgehead atoms. The lowest BCUT2D eigenvalue weighted by Crippen LogP contribution is -2.23. The molecule has 0 spiro atoms. The van der Waals surface area contributed by atoms with Crippen molar-refractivity contribution in [1.29, 1.82) is 0 Å². The van der Waals surface area contributed by atoms with Gasteiger partial charge < -0.3 is 20.4 Å². The van der Waals surface area contributed by atoms with Gasteiger partial charge in [-0.05, 0) is 30.5 Å². The van der Waals surface area contributed by atoms with Crippen LogP contribution in [-0.2, 0) is 29.1 Å². The van der Waals surface area contributed by atoms with Crippen molar-refractivity contribution < 1.29 is 9.59 Å². The van der Waals surface area contributed by atoms with Gasteiger partial charge in [0.1, 0.15) is 17.1 Å². The molecular formula is C27H31N5O2. The maximum Gasteiger partial charge on any atom is 0.220 e. The standard InChI is InChI=1S/C27H31N5O2/c1-3-4-9-23-31-25-26(21-7-5-6-8-22(21)30-27(25)28)32(23)17-20-13-11-19(12-14-20)16-29-24(34)15-10-18(2)33/h5-8,11-14H,3-4,9-10,15-17H2,1-2H3,(H2,28,30)(H,29,34). The lowest BCUT2D eigenvalue weighted by atomic mass is 10.1. The average molecular weight is 458 g/mol. The number of Topliss-reactive ketones (excluding diaryl/α,β-unsaturated/α-hetero) is 1. The number of unbranched alkanes of at least 4 members (excludes halogenated alkanes) is 1. The summed E-state index contributed by atoms with van der Waals surface area (Å²) in [7, 11) is 0. The summed E-state index contributed by atoms with van der Waals surface area (Å²) in [6.45, 7) is 4.79. The normalized spacial score (nSPS) is 11.2. The largest absolute Gasteiger partial charge is 0.382 e. The molecule has 0 aliphatic carbocycles. The number of ketones is 1. The number of nitrogens with zero attached hydrogens (tertiary/aromatic N) is 3. The second-order valence-corrected chi connectivity index (χ2v) is 8.72. The number of nitrogens with one attached hydrogen (secondary N) is 1. The molecule has 0 aliphatic heterocycles. The molecule has 1 amide bonds. The van der Waals surface area contributed by atoms with Crippen molar-refractivity contribution in [3.8, 4) is 0 Å². The SMILES string of the molecule is CCCCc1nc2c(N)nc3ccccc3c2n1Cc1ccc(CNC(=O)CCC(C)=O)cc1. The number of fused-ring (bicyclic) bond motifs is 3. The van der Waals surface area contributed by atoms with Crippen molar-refractivity contribution >= 4 is 39.4 Å². The van der Waals surface area contributed by atoms with Gasteiger partial charge in [-0.1, -0.05) is 55.8 Å². The van der Waals surface area contributed by atoms with E-state index in [9.17, 15) is 9.59 Å². The molecule has 176 valence electrons. The zero-order valence-electron chi connectivity index (χ0n) is 19.8. The highest BCUT2D eigenvalue weighted by atomic mass is 16.2. The Morgan fingerprint density at radius 1 is 1.00 bits per heavy atom. The summed E-state index contributed by atoms with van der Waals surface area (Å²) in [6, 6.07) is 16.3. The number of anilines is 1. The van der Waals surface area contributed by atoms with Crippen LogP contribution in [0.4, 0.5) is 5.82 Å². The van der Waals surface area contributed by atoms with Crippen LogP contribution in [0.2, 0.25) is 0 Å². The predicted octanol–water partition coefficient (Wildman–Crippen LogP) is 4.54. The Kier molecular flexibility index (Phi) is 7.21. The summed E-state index contributed by atoms with van der Waals surface area (Å²) < 4.78 is 2.27. The van der Waals surface area contributed by atoms with E-state index in [4.69, 9.17) is 10.7 Å². The molecule has 0 atom stereocenters. The lowest BCUT2D eigenvalue weighted by molar-refractivity contribution is -0.124. The van der Waals surface area contributed by atoms with Crippen LogP contribution >= 0.6 is 0 Å². The van der Waals surface area contributed by atoms with E-state index < -0.39 is 0 Å². The minimum absolute atomic E-state index is 0.0233. The van der Waals surface area contributed by atoms with Gasteiger partial charge in [-0.15, -0.1) is 0 Å². The number of carbonyl (C=O) groups is 2. The molecule has 34 heavy (non-hydrogen) atoms. The molecule has 0 aliphatic rings. The molecule has 0 saturated carbocycles. The van der Waals surface area contributed by atoms with Gasteiger partial charge in [0.15, 0.2) is 5.82 Å². The predicted molar refractivity (Wildman–Crippen MR) is 135 cm³/mol. The highest BCUT2D eigenvalue weighted by Crippen LogP contribution is 2.30. The molecule has 7 heteroatoms. The van der Waals surface area contributed by atoms with Crippen molar-refractivity contribution in [1.82, 2.24) is 19.9 Å². The third kappa shape index (κ3) is 5.25. The Balaban J connectivity index is 1.59. The summed E-state index contributed by atoms with van der Waals surface area (Å²) in [5.74, 6) is 1.39. The lowest BCUT2D eigenvalue weighted by Gasteiger charge is -2.12. The van der Waals surface area contributed by atoms with Crippen molar-refractivity contribution in [3.63, 3.8) is 0 Å². The number of hydrogen-bond acceptors (Lipinski definition) is 5. The average Bonchev–Trinajstić information content (AvgIpc) is 3.20. The number of nitrogens with two attached hydrogens (primary N) is 1. The van der Waals surface area contributed by atoms with Crippen LogP contribution < -0.4 is 11.1 Å². The van der Waals surface area contributed by atoms with Gasteiger partial charge in [0.25, 0.3) is 0 Å². The maximum absolute atomic E-state index is 11.9. The Labute approximate surface area is 199 Å². The molecule has 0 unspecified atom stereocenters. The van der Waals surface area contributed by atoms with Gasteiger partial charge in [-0.3, -0.25) is 4.79 Å². The number of amides is 1. The molecule has 3 N–H and O–H groups in total. The zero-order valence-corrected chi connectivity index (χ0v) is 19.8. The van der Waals surface area contributed by atoms with E-state index in [1.807, 2.05) is 30.3 Å². The van der Waals surface area contributed by atoms with Gasteiger partial charge in [0.05, 0.1) is 11.0 Å². The Hall–Kier alpha value is -3.74. The smallest absolute Gasteiger partial charge is 0.220 e.